The third-order valence-electron chi connectivity index (χ3n) is 2.77. The number of nitrogens with two attached hydrogens (primary N) is 1. The van der Waals surface area contributed by atoms with Crippen molar-refractivity contribution in [2.45, 2.75) is 24.8 Å². The van der Waals surface area contributed by atoms with Gasteiger partial charge < -0.3 is 15.6 Å². The van der Waals surface area contributed by atoms with Gasteiger partial charge >= 0.3 is 0 Å². The predicted molar refractivity (Wildman–Crippen MR) is 73.3 cm³/mol. The second-order valence-electron chi connectivity index (χ2n) is 4.65. The Morgan fingerprint density at radius 1 is 1.42 bits per heavy atom. The predicted octanol–water partition coefficient (Wildman–Crippen LogP) is 0.924. The fourth-order valence-electron chi connectivity index (χ4n) is 1.51. The maximum atomic E-state index is 12.2. The molecule has 0 aromatic heterocycles. The van der Waals surface area contributed by atoms with E-state index in [4.69, 9.17) is 10.5 Å². The number of phenolic OH excluding ortho intramolecular Hbond substituents is 1. The molecule has 1 atom stereocenters. The lowest BCUT2D eigenvalue weighted by atomic mass is 10.1. The summed E-state index contributed by atoms with van der Waals surface area (Å²) < 4.78 is 31.9. The van der Waals surface area contributed by atoms with E-state index in [9.17, 15) is 13.5 Å². The van der Waals surface area contributed by atoms with Crippen molar-refractivity contribution in [3.8, 4) is 5.75 Å². The average Bonchev–Trinajstić information content (AvgIpc) is 2.31. The molecule has 0 saturated carbocycles. The fraction of sp³-hybridized carbons (Fsp3) is 0.500. The maximum absolute atomic E-state index is 12.2. The lowest BCUT2D eigenvalue weighted by molar-refractivity contribution is 0.157. The van der Waals surface area contributed by atoms with E-state index >= 15 is 0 Å². The normalized spacial score (nSPS) is 13.7. The quantitative estimate of drug-likeness (QED) is 0.534. The SMILES string of the molecule is COCC(NS(=O)(=O)c1ccc(O)c(N)c1)C(C)C. The van der Waals surface area contributed by atoms with Crippen molar-refractivity contribution in [3.63, 3.8) is 0 Å². The number of nitrogen functional groups attached to an aromatic ring is 1. The monoisotopic (exact) mass is 288 g/mol. The molecule has 1 aromatic rings. The molecule has 6 nitrogen and oxygen atoms in total. The molecule has 1 rings (SSSR count). The van der Waals surface area contributed by atoms with Gasteiger partial charge in [0.05, 0.1) is 17.2 Å². The van der Waals surface area contributed by atoms with Gasteiger partial charge in [0.2, 0.25) is 10.0 Å². The molecular weight excluding hydrogens is 268 g/mol. The first kappa shape index (κ1) is 15.7. The van der Waals surface area contributed by atoms with Gasteiger partial charge in [0, 0.05) is 13.2 Å². The minimum atomic E-state index is -3.69. The van der Waals surface area contributed by atoms with Crippen LogP contribution < -0.4 is 10.5 Å². The number of ether oxygens (including phenoxy) is 1. The van der Waals surface area contributed by atoms with Crippen LogP contribution in [0.2, 0.25) is 0 Å². The molecule has 7 heteroatoms. The van der Waals surface area contributed by atoms with Crippen molar-refractivity contribution in [3.05, 3.63) is 18.2 Å². The van der Waals surface area contributed by atoms with Crippen LogP contribution in [0.3, 0.4) is 0 Å². The average molecular weight is 288 g/mol. The molecule has 19 heavy (non-hydrogen) atoms. The molecule has 0 bridgehead atoms. The summed E-state index contributed by atoms with van der Waals surface area (Å²) in [7, 11) is -2.17. The Hall–Kier alpha value is -1.31. The van der Waals surface area contributed by atoms with Crippen molar-refractivity contribution in [1.82, 2.24) is 4.72 Å². The Labute approximate surface area is 113 Å². The molecule has 0 spiro atoms. The van der Waals surface area contributed by atoms with Gasteiger partial charge in [-0.2, -0.15) is 0 Å². The molecule has 1 aromatic carbocycles. The molecule has 4 N–H and O–H groups in total. The number of methoxy groups -OCH3 is 1. The van der Waals surface area contributed by atoms with Crippen molar-refractivity contribution >= 4 is 15.7 Å². The van der Waals surface area contributed by atoms with E-state index in [1.165, 1.54) is 25.3 Å². The Balaban J connectivity index is 2.99. The van der Waals surface area contributed by atoms with E-state index in [1.54, 1.807) is 0 Å². The van der Waals surface area contributed by atoms with E-state index in [-0.39, 0.29) is 34.9 Å². The lowest BCUT2D eigenvalue weighted by Gasteiger charge is -2.21. The van der Waals surface area contributed by atoms with E-state index in [2.05, 4.69) is 4.72 Å². The summed E-state index contributed by atoms with van der Waals surface area (Å²) in [4.78, 5) is 0.0181. The second-order valence-corrected chi connectivity index (χ2v) is 6.36. The highest BCUT2D eigenvalue weighted by atomic mass is 32.2. The largest absolute Gasteiger partial charge is 0.506 e. The van der Waals surface area contributed by atoms with Crippen molar-refractivity contribution < 1.29 is 18.3 Å². The number of aromatic hydroxyl groups is 1. The zero-order chi connectivity index (χ0) is 14.6. The Morgan fingerprint density at radius 2 is 2.05 bits per heavy atom. The summed E-state index contributed by atoms with van der Waals surface area (Å²) in [6, 6.07) is 3.45. The van der Waals surface area contributed by atoms with Crippen LogP contribution in [0.25, 0.3) is 0 Å². The van der Waals surface area contributed by atoms with E-state index in [0.29, 0.717) is 0 Å². The topological polar surface area (TPSA) is 102 Å². The van der Waals surface area contributed by atoms with Gasteiger partial charge in [0.25, 0.3) is 0 Å². The standard InChI is InChI=1S/C12H20N2O4S/c1-8(2)11(7-18-3)14-19(16,17)9-4-5-12(15)10(13)6-9/h4-6,8,11,14-15H,7,13H2,1-3H3. The highest BCUT2D eigenvalue weighted by Gasteiger charge is 2.22. The molecule has 0 aliphatic rings. The van der Waals surface area contributed by atoms with Crippen LogP contribution in [0.1, 0.15) is 13.8 Å². The summed E-state index contributed by atoms with van der Waals surface area (Å²) >= 11 is 0. The van der Waals surface area contributed by atoms with Gasteiger partial charge in [0.1, 0.15) is 5.75 Å². The number of nitrogens with one attached hydrogen (secondary N) is 1. The Kier molecular flexibility index (Phi) is 5.16. The molecule has 0 saturated heterocycles. The van der Waals surface area contributed by atoms with Crippen LogP contribution in [-0.2, 0) is 14.8 Å². The minimum absolute atomic E-state index is 0.0181. The van der Waals surface area contributed by atoms with E-state index in [1.807, 2.05) is 13.8 Å². The zero-order valence-electron chi connectivity index (χ0n) is 11.3. The lowest BCUT2D eigenvalue weighted by Crippen LogP contribution is -2.41. The maximum Gasteiger partial charge on any atom is 0.240 e. The number of phenols is 1. The summed E-state index contributed by atoms with van der Waals surface area (Å²) in [5, 5.41) is 9.30. The highest BCUT2D eigenvalue weighted by Crippen LogP contribution is 2.23. The molecule has 1 unspecified atom stereocenters. The van der Waals surface area contributed by atoms with Crippen LogP contribution in [0.15, 0.2) is 23.1 Å². The third-order valence-corrected chi connectivity index (χ3v) is 4.25. The van der Waals surface area contributed by atoms with Crippen molar-refractivity contribution in [2.24, 2.45) is 5.92 Å². The summed E-state index contributed by atoms with van der Waals surface area (Å²) in [5.41, 5.74) is 5.52. The number of sulfonamides is 1. The van der Waals surface area contributed by atoms with Crippen molar-refractivity contribution in [2.75, 3.05) is 19.5 Å². The van der Waals surface area contributed by atoms with Gasteiger partial charge in [-0.3, -0.25) is 0 Å². The second kappa shape index (κ2) is 6.23. The van der Waals surface area contributed by atoms with Gasteiger partial charge in [-0.15, -0.1) is 0 Å². The number of anilines is 1. The Bertz CT molecular complexity index is 529. The minimum Gasteiger partial charge on any atom is -0.506 e. The van der Waals surface area contributed by atoms with Gasteiger partial charge in [-0.25, -0.2) is 13.1 Å². The number of hydrogen-bond acceptors (Lipinski definition) is 5. The van der Waals surface area contributed by atoms with E-state index in [0.717, 1.165) is 0 Å². The van der Waals surface area contributed by atoms with Gasteiger partial charge in [-0.05, 0) is 24.1 Å². The van der Waals surface area contributed by atoms with Crippen LogP contribution in [0, 0.1) is 5.92 Å². The molecule has 0 fully saturated rings. The molecule has 0 aliphatic carbocycles. The smallest absolute Gasteiger partial charge is 0.240 e. The number of benzene rings is 1. The zero-order valence-corrected chi connectivity index (χ0v) is 12.1. The third kappa shape index (κ3) is 4.09. The molecule has 108 valence electrons. The highest BCUT2D eigenvalue weighted by molar-refractivity contribution is 7.89. The van der Waals surface area contributed by atoms with Crippen LogP contribution in [0.5, 0.6) is 5.75 Å². The molecule has 0 radical (unpaired) electrons. The van der Waals surface area contributed by atoms with Crippen LogP contribution in [0.4, 0.5) is 5.69 Å². The number of rotatable bonds is 6. The number of hydrogen-bond donors (Lipinski definition) is 3. The van der Waals surface area contributed by atoms with Crippen molar-refractivity contribution in [1.29, 1.82) is 0 Å². The van der Waals surface area contributed by atoms with Crippen LogP contribution in [-0.4, -0.2) is 33.3 Å². The molecule has 0 aliphatic heterocycles. The fourth-order valence-corrected chi connectivity index (χ4v) is 2.91. The first-order valence-corrected chi connectivity index (χ1v) is 7.36. The molecule has 0 amide bonds. The molecular formula is C12H20N2O4S. The summed E-state index contributed by atoms with van der Waals surface area (Å²) in [6.07, 6.45) is 0. The first-order valence-electron chi connectivity index (χ1n) is 5.87. The summed E-state index contributed by atoms with van der Waals surface area (Å²) in [5.74, 6) is -0.0551. The van der Waals surface area contributed by atoms with E-state index < -0.39 is 10.0 Å². The van der Waals surface area contributed by atoms with Gasteiger partial charge in [0.15, 0.2) is 0 Å². The van der Waals surface area contributed by atoms with Crippen LogP contribution >= 0.6 is 0 Å². The molecule has 0 heterocycles. The van der Waals surface area contributed by atoms with Gasteiger partial charge in [-0.1, -0.05) is 13.8 Å². The Morgan fingerprint density at radius 3 is 2.53 bits per heavy atom. The summed E-state index contributed by atoms with van der Waals surface area (Å²) in [6.45, 7) is 4.08. The first-order chi connectivity index (χ1) is 8.77.